The number of benzene rings is 1. The fourth-order valence-electron chi connectivity index (χ4n) is 2.11. The summed E-state index contributed by atoms with van der Waals surface area (Å²) >= 11 is 2.16. The molecule has 1 aromatic rings. The maximum atomic E-state index is 11.8. The van der Waals surface area contributed by atoms with Crippen LogP contribution in [-0.4, -0.2) is 37.8 Å². The standard InChI is InChI=1S/C13H15IN2O4S/c1-8-6-9(14)2-3-11(8)16-13(18)12(17)15-10-4-5-21(19,20)7-10/h2-3,6,10H,4-5,7H2,1H3,(H,15,17)(H,16,18). The first-order valence-electron chi connectivity index (χ1n) is 6.35. The smallest absolute Gasteiger partial charge is 0.313 e. The number of amides is 2. The third kappa shape index (κ3) is 4.40. The van der Waals surface area contributed by atoms with E-state index >= 15 is 0 Å². The summed E-state index contributed by atoms with van der Waals surface area (Å²) in [6, 6.07) is 4.95. The van der Waals surface area contributed by atoms with Crippen LogP contribution in [0.25, 0.3) is 0 Å². The maximum absolute atomic E-state index is 11.8. The van der Waals surface area contributed by atoms with Crippen LogP contribution in [0.2, 0.25) is 0 Å². The van der Waals surface area contributed by atoms with E-state index in [4.69, 9.17) is 0 Å². The monoisotopic (exact) mass is 422 g/mol. The number of sulfone groups is 1. The molecule has 6 nitrogen and oxygen atoms in total. The Hall–Kier alpha value is -1.16. The van der Waals surface area contributed by atoms with E-state index in [2.05, 4.69) is 33.2 Å². The molecule has 0 bridgehead atoms. The molecule has 0 spiro atoms. The molecule has 8 heteroatoms. The molecule has 2 rings (SSSR count). The van der Waals surface area contributed by atoms with Gasteiger partial charge in [-0.05, 0) is 59.7 Å². The Labute approximate surface area is 136 Å². The van der Waals surface area contributed by atoms with Crippen molar-refractivity contribution >= 4 is 49.9 Å². The van der Waals surface area contributed by atoms with Crippen molar-refractivity contribution in [3.8, 4) is 0 Å². The van der Waals surface area contributed by atoms with Crippen molar-refractivity contribution < 1.29 is 18.0 Å². The van der Waals surface area contributed by atoms with Crippen LogP contribution in [-0.2, 0) is 19.4 Å². The van der Waals surface area contributed by atoms with Gasteiger partial charge in [0.05, 0.1) is 11.5 Å². The Balaban J connectivity index is 1.95. The summed E-state index contributed by atoms with van der Waals surface area (Å²) in [6.07, 6.45) is 0.351. The molecule has 21 heavy (non-hydrogen) atoms. The van der Waals surface area contributed by atoms with Gasteiger partial charge < -0.3 is 10.6 Å². The van der Waals surface area contributed by atoms with Crippen LogP contribution in [0.4, 0.5) is 5.69 Å². The van der Waals surface area contributed by atoms with Gasteiger partial charge in [-0.3, -0.25) is 9.59 Å². The molecule has 0 aliphatic carbocycles. The van der Waals surface area contributed by atoms with E-state index in [1.54, 1.807) is 6.07 Å². The molecule has 1 fully saturated rings. The Morgan fingerprint density at radius 1 is 1.29 bits per heavy atom. The zero-order valence-corrected chi connectivity index (χ0v) is 14.3. The van der Waals surface area contributed by atoms with Crippen molar-refractivity contribution in [2.75, 3.05) is 16.8 Å². The summed E-state index contributed by atoms with van der Waals surface area (Å²) in [6.45, 7) is 1.83. The van der Waals surface area contributed by atoms with E-state index < -0.39 is 27.7 Å². The molecule has 1 aromatic carbocycles. The van der Waals surface area contributed by atoms with E-state index in [1.165, 1.54) is 0 Å². The average Bonchev–Trinajstić information content (AvgIpc) is 2.72. The highest BCUT2D eigenvalue weighted by atomic mass is 127. The van der Waals surface area contributed by atoms with Gasteiger partial charge in [0.15, 0.2) is 9.84 Å². The predicted molar refractivity (Wildman–Crippen MR) is 87.7 cm³/mol. The largest absolute Gasteiger partial charge is 0.344 e. The third-order valence-electron chi connectivity index (χ3n) is 3.21. The Morgan fingerprint density at radius 2 is 2.00 bits per heavy atom. The lowest BCUT2D eigenvalue weighted by Crippen LogP contribution is -2.42. The van der Waals surface area contributed by atoms with Crippen molar-refractivity contribution in [2.24, 2.45) is 0 Å². The second kappa shape index (κ2) is 6.30. The van der Waals surface area contributed by atoms with Gasteiger partial charge in [-0.1, -0.05) is 0 Å². The second-order valence-corrected chi connectivity index (χ2v) is 8.46. The van der Waals surface area contributed by atoms with Crippen LogP contribution in [0.5, 0.6) is 0 Å². The van der Waals surface area contributed by atoms with Crippen LogP contribution < -0.4 is 10.6 Å². The Kier molecular flexibility index (Phi) is 4.87. The van der Waals surface area contributed by atoms with Crippen molar-refractivity contribution in [2.45, 2.75) is 19.4 Å². The van der Waals surface area contributed by atoms with Crippen molar-refractivity contribution in [3.63, 3.8) is 0 Å². The van der Waals surface area contributed by atoms with Gasteiger partial charge in [0.25, 0.3) is 0 Å². The van der Waals surface area contributed by atoms with Gasteiger partial charge in [-0.15, -0.1) is 0 Å². The first-order valence-corrected chi connectivity index (χ1v) is 9.25. The van der Waals surface area contributed by atoms with Gasteiger partial charge in [0.1, 0.15) is 0 Å². The highest BCUT2D eigenvalue weighted by molar-refractivity contribution is 14.1. The fraction of sp³-hybridized carbons (Fsp3) is 0.385. The number of rotatable bonds is 2. The number of anilines is 1. The number of halogens is 1. The van der Waals surface area contributed by atoms with E-state index in [1.807, 2.05) is 19.1 Å². The number of hydrogen-bond donors (Lipinski definition) is 2. The van der Waals surface area contributed by atoms with Crippen molar-refractivity contribution in [1.29, 1.82) is 0 Å². The molecular weight excluding hydrogens is 407 g/mol. The van der Waals surface area contributed by atoms with Gasteiger partial charge >= 0.3 is 11.8 Å². The van der Waals surface area contributed by atoms with E-state index in [9.17, 15) is 18.0 Å². The molecule has 2 N–H and O–H groups in total. The molecule has 1 unspecified atom stereocenters. The predicted octanol–water partition coefficient (Wildman–Crippen LogP) is 0.841. The second-order valence-electron chi connectivity index (χ2n) is 4.99. The summed E-state index contributed by atoms with van der Waals surface area (Å²) in [5.41, 5.74) is 1.42. The molecule has 1 aliphatic rings. The summed E-state index contributed by atoms with van der Waals surface area (Å²) in [4.78, 5) is 23.6. The van der Waals surface area contributed by atoms with E-state index in [-0.39, 0.29) is 11.5 Å². The minimum atomic E-state index is -3.08. The van der Waals surface area contributed by atoms with Gasteiger partial charge in [-0.25, -0.2) is 8.42 Å². The lowest BCUT2D eigenvalue weighted by Gasteiger charge is -2.12. The lowest BCUT2D eigenvalue weighted by molar-refractivity contribution is -0.136. The summed E-state index contributed by atoms with van der Waals surface area (Å²) in [5, 5.41) is 4.98. The molecule has 1 heterocycles. The summed E-state index contributed by atoms with van der Waals surface area (Å²) in [5.74, 6) is -1.65. The minimum absolute atomic E-state index is 0.0514. The molecule has 0 radical (unpaired) electrons. The molecular formula is C13H15IN2O4S. The lowest BCUT2D eigenvalue weighted by atomic mass is 10.2. The SMILES string of the molecule is Cc1cc(I)ccc1NC(=O)C(=O)NC1CCS(=O)(=O)C1. The normalized spacial score (nSPS) is 20.0. The van der Waals surface area contributed by atoms with Crippen molar-refractivity contribution in [1.82, 2.24) is 5.32 Å². The zero-order valence-electron chi connectivity index (χ0n) is 11.3. The Morgan fingerprint density at radius 3 is 2.57 bits per heavy atom. The quantitative estimate of drug-likeness (QED) is 0.546. The van der Waals surface area contributed by atoms with E-state index in [0.717, 1.165) is 9.13 Å². The Bertz CT molecular complexity index is 687. The number of nitrogens with one attached hydrogen (secondary N) is 2. The molecule has 0 aromatic heterocycles. The van der Waals surface area contributed by atoms with Crippen LogP contribution in [0.1, 0.15) is 12.0 Å². The van der Waals surface area contributed by atoms with Gasteiger partial charge in [0, 0.05) is 15.3 Å². The number of aryl methyl sites for hydroxylation is 1. The zero-order chi connectivity index (χ0) is 15.6. The van der Waals surface area contributed by atoms with Gasteiger partial charge in [0.2, 0.25) is 0 Å². The molecule has 1 atom stereocenters. The van der Waals surface area contributed by atoms with Crippen LogP contribution >= 0.6 is 22.6 Å². The van der Waals surface area contributed by atoms with Crippen LogP contribution in [0, 0.1) is 10.5 Å². The molecule has 1 saturated heterocycles. The minimum Gasteiger partial charge on any atom is -0.344 e. The average molecular weight is 422 g/mol. The molecule has 0 saturated carbocycles. The van der Waals surface area contributed by atoms with Crippen LogP contribution in [0.15, 0.2) is 18.2 Å². The first-order chi connectivity index (χ1) is 9.77. The molecule has 1 aliphatic heterocycles. The molecule has 2 amide bonds. The summed E-state index contributed by atoms with van der Waals surface area (Å²) < 4.78 is 23.6. The number of carbonyl (C=O) groups excluding carboxylic acids is 2. The third-order valence-corrected chi connectivity index (χ3v) is 5.65. The van der Waals surface area contributed by atoms with E-state index in [0.29, 0.717) is 12.1 Å². The summed E-state index contributed by atoms with van der Waals surface area (Å²) in [7, 11) is -3.08. The highest BCUT2D eigenvalue weighted by Gasteiger charge is 2.30. The highest BCUT2D eigenvalue weighted by Crippen LogP contribution is 2.17. The van der Waals surface area contributed by atoms with Crippen LogP contribution in [0.3, 0.4) is 0 Å². The fourth-order valence-corrected chi connectivity index (χ4v) is 4.43. The van der Waals surface area contributed by atoms with Crippen molar-refractivity contribution in [3.05, 3.63) is 27.3 Å². The number of carbonyl (C=O) groups is 2. The first kappa shape index (κ1) is 16.2. The maximum Gasteiger partial charge on any atom is 0.313 e. The number of hydrogen-bond acceptors (Lipinski definition) is 4. The molecule has 114 valence electrons. The topological polar surface area (TPSA) is 92.3 Å². The van der Waals surface area contributed by atoms with Gasteiger partial charge in [-0.2, -0.15) is 0 Å².